The van der Waals surface area contributed by atoms with Crippen LogP contribution in [0.2, 0.25) is 0 Å². The van der Waals surface area contributed by atoms with Crippen LogP contribution < -0.4 is 10.1 Å². The Balaban J connectivity index is 2.18. The van der Waals surface area contributed by atoms with Gasteiger partial charge in [-0.3, -0.25) is 0 Å². The molecule has 1 aliphatic carbocycles. The molecule has 3 rings (SSSR count). The fourth-order valence-electron chi connectivity index (χ4n) is 2.76. The smallest absolute Gasteiger partial charge is 0.119 e. The zero-order valence-electron chi connectivity index (χ0n) is 10.3. The summed E-state index contributed by atoms with van der Waals surface area (Å²) in [6.07, 6.45) is 2.39. The Morgan fingerprint density at radius 1 is 1.18 bits per heavy atom. The Bertz CT molecular complexity index is 562. The van der Waals surface area contributed by atoms with Crippen LogP contribution in [0.25, 0.3) is 10.8 Å². The topological polar surface area (TPSA) is 21.3 Å². The molecule has 2 aromatic carbocycles. The second-order valence-corrected chi connectivity index (χ2v) is 4.64. The molecule has 0 heterocycles. The third kappa shape index (κ3) is 1.69. The number of methoxy groups -OCH3 is 1. The van der Waals surface area contributed by atoms with Crippen molar-refractivity contribution in [3.05, 3.63) is 41.5 Å². The minimum atomic E-state index is 0.514. The summed E-state index contributed by atoms with van der Waals surface area (Å²) < 4.78 is 5.28. The van der Waals surface area contributed by atoms with Crippen LogP contribution in [0.1, 0.15) is 23.6 Å². The first kappa shape index (κ1) is 10.6. The molecule has 0 aromatic heterocycles. The van der Waals surface area contributed by atoms with E-state index in [2.05, 4.69) is 29.6 Å². The molecule has 0 saturated heterocycles. The van der Waals surface area contributed by atoms with Crippen LogP contribution in [0.3, 0.4) is 0 Å². The van der Waals surface area contributed by atoms with Gasteiger partial charge in [-0.15, -0.1) is 0 Å². The first-order valence-corrected chi connectivity index (χ1v) is 6.09. The van der Waals surface area contributed by atoms with Crippen molar-refractivity contribution in [2.45, 2.75) is 18.9 Å². The third-order valence-electron chi connectivity index (χ3n) is 3.73. The highest BCUT2D eigenvalue weighted by molar-refractivity contribution is 5.86. The Kier molecular flexibility index (Phi) is 2.52. The van der Waals surface area contributed by atoms with Crippen LogP contribution in [-0.4, -0.2) is 14.2 Å². The summed E-state index contributed by atoms with van der Waals surface area (Å²) in [6, 6.07) is 11.4. The maximum Gasteiger partial charge on any atom is 0.119 e. The van der Waals surface area contributed by atoms with Crippen molar-refractivity contribution >= 4 is 10.8 Å². The fraction of sp³-hybridized carbons (Fsp3) is 0.333. The van der Waals surface area contributed by atoms with Crippen molar-refractivity contribution in [3.63, 3.8) is 0 Å². The van der Waals surface area contributed by atoms with Crippen LogP contribution in [0, 0.1) is 0 Å². The molecular formula is C15H17NO. The Morgan fingerprint density at radius 3 is 2.82 bits per heavy atom. The molecule has 2 nitrogen and oxygen atoms in total. The molecule has 1 aliphatic rings. The molecule has 1 atom stereocenters. The number of nitrogens with one attached hydrogen (secondary N) is 1. The van der Waals surface area contributed by atoms with Gasteiger partial charge in [0.05, 0.1) is 7.11 Å². The molecule has 0 bridgehead atoms. The van der Waals surface area contributed by atoms with Crippen molar-refractivity contribution in [2.75, 3.05) is 14.2 Å². The molecule has 0 amide bonds. The van der Waals surface area contributed by atoms with Gasteiger partial charge < -0.3 is 10.1 Å². The highest BCUT2D eigenvalue weighted by Crippen LogP contribution is 2.34. The number of aryl methyl sites for hydroxylation is 1. The molecule has 2 heteroatoms. The number of benzene rings is 2. The van der Waals surface area contributed by atoms with Gasteiger partial charge in [-0.05, 0) is 60.0 Å². The number of ether oxygens (including phenoxy) is 1. The summed E-state index contributed by atoms with van der Waals surface area (Å²) >= 11 is 0. The van der Waals surface area contributed by atoms with Gasteiger partial charge in [0.2, 0.25) is 0 Å². The van der Waals surface area contributed by atoms with Gasteiger partial charge in [-0.1, -0.05) is 12.1 Å². The van der Waals surface area contributed by atoms with E-state index in [1.807, 2.05) is 13.1 Å². The Labute approximate surface area is 102 Å². The molecule has 0 fully saturated rings. The van der Waals surface area contributed by atoms with E-state index in [0.717, 1.165) is 5.75 Å². The van der Waals surface area contributed by atoms with E-state index in [1.165, 1.54) is 34.7 Å². The molecule has 1 unspecified atom stereocenters. The van der Waals surface area contributed by atoms with Crippen LogP contribution in [0.4, 0.5) is 0 Å². The first-order chi connectivity index (χ1) is 8.31. The highest BCUT2D eigenvalue weighted by atomic mass is 16.5. The maximum atomic E-state index is 5.28. The van der Waals surface area contributed by atoms with E-state index in [0.29, 0.717) is 6.04 Å². The lowest BCUT2D eigenvalue weighted by molar-refractivity contribution is 0.415. The summed E-state index contributed by atoms with van der Waals surface area (Å²) in [5.74, 6) is 0.927. The molecule has 0 radical (unpaired) electrons. The van der Waals surface area contributed by atoms with E-state index in [-0.39, 0.29) is 0 Å². The molecular weight excluding hydrogens is 210 g/mol. The molecule has 1 N–H and O–H groups in total. The van der Waals surface area contributed by atoms with Gasteiger partial charge in [0, 0.05) is 6.04 Å². The largest absolute Gasteiger partial charge is 0.497 e. The second-order valence-electron chi connectivity index (χ2n) is 4.64. The fourth-order valence-corrected chi connectivity index (χ4v) is 2.76. The van der Waals surface area contributed by atoms with E-state index in [4.69, 9.17) is 4.74 Å². The van der Waals surface area contributed by atoms with Gasteiger partial charge in [0.15, 0.2) is 0 Å². The SMILES string of the molecule is CNC1CCc2cc3ccc(OC)cc3cc21. The second kappa shape index (κ2) is 4.04. The van der Waals surface area contributed by atoms with E-state index in [1.54, 1.807) is 7.11 Å². The molecule has 2 aromatic rings. The van der Waals surface area contributed by atoms with Crippen LogP contribution >= 0.6 is 0 Å². The predicted octanol–water partition coefficient (Wildman–Crippen LogP) is 3.06. The summed E-state index contributed by atoms with van der Waals surface area (Å²) in [4.78, 5) is 0. The van der Waals surface area contributed by atoms with Crippen LogP contribution in [0.15, 0.2) is 30.3 Å². The molecule has 0 saturated carbocycles. The van der Waals surface area contributed by atoms with Crippen molar-refractivity contribution in [1.82, 2.24) is 5.32 Å². The third-order valence-corrected chi connectivity index (χ3v) is 3.73. The standard InChI is InChI=1S/C15H17NO/c1-16-15-6-4-11-7-10-3-5-13(17-2)8-12(10)9-14(11)15/h3,5,7-9,15-16H,4,6H2,1-2H3. The average molecular weight is 227 g/mol. The van der Waals surface area contributed by atoms with Gasteiger partial charge in [-0.2, -0.15) is 0 Å². The normalized spacial score (nSPS) is 18.4. The summed E-state index contributed by atoms with van der Waals surface area (Å²) in [6.45, 7) is 0. The van der Waals surface area contributed by atoms with E-state index < -0.39 is 0 Å². The summed E-state index contributed by atoms with van der Waals surface area (Å²) in [5.41, 5.74) is 2.94. The predicted molar refractivity (Wildman–Crippen MR) is 70.6 cm³/mol. The zero-order chi connectivity index (χ0) is 11.8. The van der Waals surface area contributed by atoms with Crippen LogP contribution in [0.5, 0.6) is 5.75 Å². The zero-order valence-corrected chi connectivity index (χ0v) is 10.3. The lowest BCUT2D eigenvalue weighted by Crippen LogP contribution is -2.12. The molecule has 17 heavy (non-hydrogen) atoms. The van der Waals surface area contributed by atoms with Gasteiger partial charge in [-0.25, -0.2) is 0 Å². The van der Waals surface area contributed by atoms with Crippen molar-refractivity contribution in [1.29, 1.82) is 0 Å². The highest BCUT2D eigenvalue weighted by Gasteiger charge is 2.21. The van der Waals surface area contributed by atoms with Crippen molar-refractivity contribution < 1.29 is 4.74 Å². The minimum Gasteiger partial charge on any atom is -0.497 e. The van der Waals surface area contributed by atoms with Gasteiger partial charge in [0.25, 0.3) is 0 Å². The number of rotatable bonds is 2. The van der Waals surface area contributed by atoms with E-state index >= 15 is 0 Å². The molecule has 0 aliphatic heterocycles. The molecule has 0 spiro atoms. The maximum absolute atomic E-state index is 5.28. The monoisotopic (exact) mass is 227 g/mol. The van der Waals surface area contributed by atoms with Crippen molar-refractivity contribution in [3.8, 4) is 5.75 Å². The minimum absolute atomic E-state index is 0.514. The van der Waals surface area contributed by atoms with Gasteiger partial charge in [0.1, 0.15) is 5.75 Å². The number of hydrogen-bond donors (Lipinski definition) is 1. The number of fused-ring (bicyclic) bond motifs is 2. The Morgan fingerprint density at radius 2 is 2.06 bits per heavy atom. The van der Waals surface area contributed by atoms with Crippen LogP contribution in [-0.2, 0) is 6.42 Å². The summed E-state index contributed by atoms with van der Waals surface area (Å²) in [5, 5.41) is 5.96. The van der Waals surface area contributed by atoms with Gasteiger partial charge >= 0.3 is 0 Å². The first-order valence-electron chi connectivity index (χ1n) is 6.09. The lowest BCUT2D eigenvalue weighted by atomic mass is 10.0. The lowest BCUT2D eigenvalue weighted by Gasteiger charge is -2.11. The summed E-state index contributed by atoms with van der Waals surface area (Å²) in [7, 11) is 3.75. The van der Waals surface area contributed by atoms with E-state index in [9.17, 15) is 0 Å². The van der Waals surface area contributed by atoms with Crippen molar-refractivity contribution in [2.24, 2.45) is 0 Å². The molecule has 88 valence electrons. The average Bonchev–Trinajstić information content (AvgIpc) is 2.77. The number of hydrogen-bond acceptors (Lipinski definition) is 2. The Hall–Kier alpha value is -1.54. The quantitative estimate of drug-likeness (QED) is 0.851.